The van der Waals surface area contributed by atoms with Gasteiger partial charge in [-0.1, -0.05) is 167 Å². The summed E-state index contributed by atoms with van der Waals surface area (Å²) in [7, 11) is 0. The molecule has 0 spiro atoms. The van der Waals surface area contributed by atoms with E-state index >= 15 is 0 Å². The minimum Gasteiger partial charge on any atom is -0.330 e. The largest absolute Gasteiger partial charge is 0.330 e. The summed E-state index contributed by atoms with van der Waals surface area (Å²) in [6.45, 7) is 6.93. The number of carbonyl (C=O) groups is 2. The van der Waals surface area contributed by atoms with Gasteiger partial charge in [0.15, 0.2) is 0 Å². The Labute approximate surface area is 305 Å². The van der Waals surface area contributed by atoms with Crippen molar-refractivity contribution in [2.24, 2.45) is 11.5 Å². The summed E-state index contributed by atoms with van der Waals surface area (Å²) >= 11 is 0. The van der Waals surface area contributed by atoms with Crippen molar-refractivity contribution in [1.82, 2.24) is 21.3 Å². The monoisotopic (exact) mass is 695 g/mol. The second-order valence-corrected chi connectivity index (χ2v) is 14.6. The minimum atomic E-state index is -0.379. The molecular formula is C41H86N6O2. The SMILES string of the molecule is CCCCCCCCCCCCCCCCCCCCCCCCCCCCNCC(=O)NC(=O)[C@H](CCCNCCCN)NCCCN. The number of unbranched alkanes of at least 4 members (excludes halogenated alkanes) is 25. The Balaban J connectivity index is 3.47. The van der Waals surface area contributed by atoms with E-state index in [1.54, 1.807) is 0 Å². The van der Waals surface area contributed by atoms with Crippen LogP contribution in [0, 0.1) is 0 Å². The van der Waals surface area contributed by atoms with E-state index in [4.69, 9.17) is 11.5 Å². The average molecular weight is 695 g/mol. The van der Waals surface area contributed by atoms with Gasteiger partial charge in [0.05, 0.1) is 12.6 Å². The molecule has 0 aromatic rings. The van der Waals surface area contributed by atoms with Crippen LogP contribution < -0.4 is 32.7 Å². The van der Waals surface area contributed by atoms with E-state index in [9.17, 15) is 9.59 Å². The van der Waals surface area contributed by atoms with Crippen molar-refractivity contribution >= 4 is 11.8 Å². The lowest BCUT2D eigenvalue weighted by atomic mass is 10.0. The second-order valence-electron chi connectivity index (χ2n) is 14.6. The normalized spacial score (nSPS) is 12.1. The smallest absolute Gasteiger partial charge is 0.243 e. The van der Waals surface area contributed by atoms with Crippen molar-refractivity contribution in [2.45, 2.75) is 206 Å². The third-order valence-corrected chi connectivity index (χ3v) is 9.75. The molecule has 0 radical (unpaired) electrons. The van der Waals surface area contributed by atoms with Crippen LogP contribution in [-0.4, -0.2) is 63.7 Å². The van der Waals surface area contributed by atoms with E-state index in [0.717, 1.165) is 45.3 Å². The molecule has 0 aliphatic rings. The van der Waals surface area contributed by atoms with Crippen molar-refractivity contribution in [3.05, 3.63) is 0 Å². The van der Waals surface area contributed by atoms with Crippen LogP contribution in [0.2, 0.25) is 0 Å². The molecule has 8 nitrogen and oxygen atoms in total. The maximum Gasteiger partial charge on any atom is 0.243 e. The zero-order valence-electron chi connectivity index (χ0n) is 32.7. The molecule has 8 heteroatoms. The van der Waals surface area contributed by atoms with Gasteiger partial charge in [-0.15, -0.1) is 0 Å². The number of amides is 2. The summed E-state index contributed by atoms with van der Waals surface area (Å²) in [6.07, 6.45) is 39.6. The lowest BCUT2D eigenvalue weighted by Crippen LogP contribution is -2.49. The number of hydrogen-bond acceptors (Lipinski definition) is 7. The first kappa shape index (κ1) is 47.9. The molecule has 0 aromatic heterocycles. The third kappa shape index (κ3) is 38.0. The Bertz CT molecular complexity index is 680. The molecule has 0 aliphatic carbocycles. The Hall–Kier alpha value is -1.06. The van der Waals surface area contributed by atoms with E-state index in [1.807, 2.05) is 0 Å². The van der Waals surface area contributed by atoms with Gasteiger partial charge in [-0.05, 0) is 71.4 Å². The van der Waals surface area contributed by atoms with Gasteiger partial charge < -0.3 is 27.4 Å². The second kappa shape index (κ2) is 41.4. The van der Waals surface area contributed by atoms with Crippen LogP contribution in [0.3, 0.4) is 0 Å². The van der Waals surface area contributed by atoms with Crippen molar-refractivity contribution in [2.75, 3.05) is 45.8 Å². The molecule has 0 aromatic carbocycles. The molecule has 0 saturated carbocycles. The first-order valence-electron chi connectivity index (χ1n) is 21.5. The molecule has 49 heavy (non-hydrogen) atoms. The van der Waals surface area contributed by atoms with Gasteiger partial charge in [-0.3, -0.25) is 14.9 Å². The van der Waals surface area contributed by atoms with E-state index < -0.39 is 0 Å². The third-order valence-electron chi connectivity index (χ3n) is 9.75. The summed E-state index contributed by atoms with van der Waals surface area (Å²) in [5, 5.41) is 12.4. The highest BCUT2D eigenvalue weighted by Gasteiger charge is 2.19. The minimum absolute atomic E-state index is 0.182. The van der Waals surface area contributed by atoms with Crippen LogP contribution >= 0.6 is 0 Å². The Morgan fingerprint density at radius 1 is 0.449 bits per heavy atom. The molecule has 0 unspecified atom stereocenters. The van der Waals surface area contributed by atoms with Crippen LogP contribution in [0.1, 0.15) is 200 Å². The van der Waals surface area contributed by atoms with Gasteiger partial charge in [-0.2, -0.15) is 0 Å². The lowest BCUT2D eigenvalue weighted by molar-refractivity contribution is -0.131. The van der Waals surface area contributed by atoms with Crippen molar-refractivity contribution in [3.8, 4) is 0 Å². The van der Waals surface area contributed by atoms with Crippen molar-refractivity contribution < 1.29 is 9.59 Å². The van der Waals surface area contributed by atoms with Crippen LogP contribution in [0.4, 0.5) is 0 Å². The molecule has 0 heterocycles. The van der Waals surface area contributed by atoms with Gasteiger partial charge in [-0.25, -0.2) is 0 Å². The summed E-state index contributed by atoms with van der Waals surface area (Å²) in [6, 6.07) is -0.379. The van der Waals surface area contributed by atoms with E-state index in [1.165, 1.54) is 161 Å². The van der Waals surface area contributed by atoms with Crippen molar-refractivity contribution in [3.63, 3.8) is 0 Å². The fourth-order valence-electron chi connectivity index (χ4n) is 6.52. The summed E-state index contributed by atoms with van der Waals surface area (Å²) < 4.78 is 0. The number of hydrogen-bond donors (Lipinski definition) is 6. The van der Waals surface area contributed by atoms with Gasteiger partial charge in [0.25, 0.3) is 0 Å². The number of rotatable bonds is 41. The molecule has 0 fully saturated rings. The van der Waals surface area contributed by atoms with Crippen LogP contribution in [0.25, 0.3) is 0 Å². The average Bonchev–Trinajstić information content (AvgIpc) is 3.10. The first-order valence-corrected chi connectivity index (χ1v) is 21.5. The quantitative estimate of drug-likeness (QED) is 0.0354. The lowest BCUT2D eigenvalue weighted by Gasteiger charge is -2.18. The molecule has 0 saturated heterocycles. The van der Waals surface area contributed by atoms with Gasteiger partial charge in [0.2, 0.25) is 11.8 Å². The summed E-state index contributed by atoms with van der Waals surface area (Å²) in [5.74, 6) is -0.502. The van der Waals surface area contributed by atoms with E-state index in [0.29, 0.717) is 26.1 Å². The van der Waals surface area contributed by atoms with Gasteiger partial charge >= 0.3 is 0 Å². The predicted molar refractivity (Wildman–Crippen MR) is 213 cm³/mol. The van der Waals surface area contributed by atoms with Gasteiger partial charge in [0, 0.05) is 0 Å². The first-order chi connectivity index (χ1) is 24.2. The van der Waals surface area contributed by atoms with Gasteiger partial charge in [0.1, 0.15) is 0 Å². The Morgan fingerprint density at radius 2 is 0.816 bits per heavy atom. The Kier molecular flexibility index (Phi) is 40.5. The zero-order chi connectivity index (χ0) is 35.7. The molecule has 8 N–H and O–H groups in total. The number of nitrogens with two attached hydrogens (primary N) is 2. The number of carbonyl (C=O) groups excluding carboxylic acids is 2. The maximum absolute atomic E-state index is 12.7. The summed E-state index contributed by atoms with van der Waals surface area (Å²) in [5.41, 5.74) is 11.1. The highest BCUT2D eigenvalue weighted by molar-refractivity contribution is 5.98. The maximum atomic E-state index is 12.7. The molecule has 292 valence electrons. The molecule has 2 amide bonds. The molecule has 0 rings (SSSR count). The molecule has 1 atom stereocenters. The molecule has 0 aliphatic heterocycles. The van der Waals surface area contributed by atoms with Crippen LogP contribution in [0.15, 0.2) is 0 Å². The van der Waals surface area contributed by atoms with Crippen molar-refractivity contribution in [1.29, 1.82) is 0 Å². The van der Waals surface area contributed by atoms with Crippen LogP contribution in [0.5, 0.6) is 0 Å². The predicted octanol–water partition coefficient (Wildman–Crippen LogP) is 8.41. The highest BCUT2D eigenvalue weighted by Crippen LogP contribution is 2.16. The standard InChI is InChI=1S/C41H86N6O2/c1-2-3-4-5-6-7-8-9-10-11-12-13-14-15-16-17-18-19-20-21-22-23-24-25-26-27-34-45-38-40(48)47-41(49)39(46-37-30-33-43)31-28-35-44-36-29-32-42/h39,44-46H,2-38,42-43H2,1H3,(H,47,48,49)/t39-/m0/s1. The molecular weight excluding hydrogens is 608 g/mol. The zero-order valence-corrected chi connectivity index (χ0v) is 32.7. The van der Waals surface area contributed by atoms with E-state index in [2.05, 4.69) is 28.2 Å². The van der Waals surface area contributed by atoms with E-state index in [-0.39, 0.29) is 24.4 Å². The molecule has 0 bridgehead atoms. The van der Waals surface area contributed by atoms with Crippen LogP contribution in [-0.2, 0) is 9.59 Å². The fraction of sp³-hybridized carbons (Fsp3) is 0.951. The summed E-state index contributed by atoms with van der Waals surface area (Å²) in [4.78, 5) is 25.0. The number of imide groups is 1. The Morgan fingerprint density at radius 3 is 1.24 bits per heavy atom. The highest BCUT2D eigenvalue weighted by atomic mass is 16.2. The number of nitrogens with one attached hydrogen (secondary N) is 4. The fourth-order valence-corrected chi connectivity index (χ4v) is 6.52. The topological polar surface area (TPSA) is 134 Å².